The molecule has 0 amide bonds. The second-order valence-electron chi connectivity index (χ2n) is 5.43. The van der Waals surface area contributed by atoms with Crippen molar-refractivity contribution in [3.63, 3.8) is 0 Å². The van der Waals surface area contributed by atoms with Gasteiger partial charge in [-0.15, -0.1) is 0 Å². The molecule has 3 N–H and O–H groups in total. The van der Waals surface area contributed by atoms with Crippen molar-refractivity contribution in [3.8, 4) is 0 Å². The molecule has 0 saturated heterocycles. The Kier molecular flexibility index (Phi) is 5.48. The summed E-state index contributed by atoms with van der Waals surface area (Å²) in [5, 5.41) is 3.47. The van der Waals surface area contributed by atoms with Gasteiger partial charge >= 0.3 is 0 Å². The van der Waals surface area contributed by atoms with E-state index in [0.717, 1.165) is 24.5 Å². The van der Waals surface area contributed by atoms with E-state index in [2.05, 4.69) is 50.9 Å². The molecule has 0 bridgehead atoms. The molecular weight excluding hydrogens is 222 g/mol. The Labute approximate surface area is 111 Å². The Morgan fingerprint density at radius 3 is 2.33 bits per heavy atom. The molecule has 102 valence electrons. The van der Waals surface area contributed by atoms with Crippen LogP contribution in [0.3, 0.4) is 0 Å². The van der Waals surface area contributed by atoms with E-state index in [1.54, 1.807) is 0 Å². The number of anilines is 2. The van der Waals surface area contributed by atoms with Crippen LogP contribution in [-0.4, -0.2) is 30.1 Å². The van der Waals surface area contributed by atoms with Crippen LogP contribution in [-0.2, 0) is 0 Å². The second-order valence-corrected chi connectivity index (χ2v) is 5.43. The quantitative estimate of drug-likeness (QED) is 0.761. The van der Waals surface area contributed by atoms with Crippen molar-refractivity contribution in [1.29, 1.82) is 0 Å². The van der Waals surface area contributed by atoms with Crippen LogP contribution in [0.4, 0.5) is 11.4 Å². The summed E-state index contributed by atoms with van der Waals surface area (Å²) in [6.45, 7) is 13.1. The van der Waals surface area contributed by atoms with E-state index >= 15 is 0 Å². The smallest absolute Gasteiger partial charge is 0.0390 e. The summed E-state index contributed by atoms with van der Waals surface area (Å²) >= 11 is 0. The third kappa shape index (κ3) is 4.22. The lowest BCUT2D eigenvalue weighted by Gasteiger charge is -2.30. The van der Waals surface area contributed by atoms with Gasteiger partial charge in [-0.1, -0.05) is 6.07 Å². The number of benzene rings is 1. The van der Waals surface area contributed by atoms with Crippen LogP contribution in [0, 0.1) is 6.92 Å². The molecule has 0 spiro atoms. The van der Waals surface area contributed by atoms with Crippen molar-refractivity contribution in [3.05, 3.63) is 23.8 Å². The predicted octanol–water partition coefficient (Wildman–Crippen LogP) is 3.11. The third-order valence-electron chi connectivity index (χ3n) is 3.27. The molecule has 0 unspecified atom stereocenters. The van der Waals surface area contributed by atoms with Crippen LogP contribution < -0.4 is 11.1 Å². The fourth-order valence-corrected chi connectivity index (χ4v) is 2.26. The molecule has 18 heavy (non-hydrogen) atoms. The van der Waals surface area contributed by atoms with E-state index in [9.17, 15) is 0 Å². The molecule has 3 nitrogen and oxygen atoms in total. The van der Waals surface area contributed by atoms with Gasteiger partial charge in [-0.3, -0.25) is 4.90 Å². The molecule has 1 aromatic carbocycles. The van der Waals surface area contributed by atoms with Crippen molar-refractivity contribution in [1.82, 2.24) is 4.90 Å². The number of rotatable bonds is 6. The average Bonchev–Trinajstić information content (AvgIpc) is 2.27. The Hall–Kier alpha value is -1.22. The van der Waals surface area contributed by atoms with Gasteiger partial charge in [0.15, 0.2) is 0 Å². The minimum atomic E-state index is 0.578. The highest BCUT2D eigenvalue weighted by molar-refractivity contribution is 5.59. The molecule has 1 aromatic rings. The van der Waals surface area contributed by atoms with Gasteiger partial charge in [-0.25, -0.2) is 0 Å². The molecule has 0 saturated carbocycles. The zero-order chi connectivity index (χ0) is 13.7. The first kappa shape index (κ1) is 14.8. The Bertz CT molecular complexity index is 364. The molecule has 0 aliphatic heterocycles. The topological polar surface area (TPSA) is 41.3 Å². The van der Waals surface area contributed by atoms with Gasteiger partial charge in [0.2, 0.25) is 0 Å². The lowest BCUT2D eigenvalue weighted by atomic mass is 10.2. The predicted molar refractivity (Wildman–Crippen MR) is 81.1 cm³/mol. The highest BCUT2D eigenvalue weighted by Gasteiger charge is 2.12. The van der Waals surface area contributed by atoms with Crippen LogP contribution in [0.25, 0.3) is 0 Å². The highest BCUT2D eigenvalue weighted by atomic mass is 15.2. The summed E-state index contributed by atoms with van der Waals surface area (Å²) in [6.07, 6.45) is 0. The van der Waals surface area contributed by atoms with Crippen LogP contribution in [0.2, 0.25) is 0 Å². The molecule has 0 aliphatic rings. The van der Waals surface area contributed by atoms with E-state index in [0.29, 0.717) is 12.1 Å². The molecule has 0 aromatic heterocycles. The molecule has 3 heteroatoms. The summed E-state index contributed by atoms with van der Waals surface area (Å²) < 4.78 is 0. The van der Waals surface area contributed by atoms with E-state index in [1.807, 2.05) is 12.1 Å². The second kappa shape index (κ2) is 6.64. The number of hydrogen-bond acceptors (Lipinski definition) is 3. The number of nitrogens with zero attached hydrogens (tertiary/aromatic N) is 1. The van der Waals surface area contributed by atoms with E-state index in [1.165, 1.54) is 5.56 Å². The lowest BCUT2D eigenvalue weighted by molar-refractivity contribution is 0.182. The minimum Gasteiger partial charge on any atom is -0.399 e. The molecule has 0 fully saturated rings. The Morgan fingerprint density at radius 2 is 1.78 bits per heavy atom. The van der Waals surface area contributed by atoms with Crippen molar-refractivity contribution < 1.29 is 0 Å². The fraction of sp³-hybridized carbons (Fsp3) is 0.600. The molecular formula is C15H27N3. The summed E-state index contributed by atoms with van der Waals surface area (Å²) in [4.78, 5) is 2.48. The Balaban J connectivity index is 2.52. The maximum absolute atomic E-state index is 5.81. The molecule has 1 rings (SSSR count). The fourth-order valence-electron chi connectivity index (χ4n) is 2.26. The van der Waals surface area contributed by atoms with E-state index in [-0.39, 0.29) is 0 Å². The van der Waals surface area contributed by atoms with Gasteiger partial charge in [-0.05, 0) is 52.3 Å². The summed E-state index contributed by atoms with van der Waals surface area (Å²) in [5.74, 6) is 0. The number of hydrogen-bond donors (Lipinski definition) is 2. The van der Waals surface area contributed by atoms with Gasteiger partial charge in [0, 0.05) is 36.5 Å². The summed E-state index contributed by atoms with van der Waals surface area (Å²) in [5.41, 5.74) is 9.00. The normalized spacial score (nSPS) is 11.6. The van der Waals surface area contributed by atoms with Crippen LogP contribution >= 0.6 is 0 Å². The summed E-state index contributed by atoms with van der Waals surface area (Å²) in [7, 11) is 0. The summed E-state index contributed by atoms with van der Waals surface area (Å²) in [6, 6.07) is 7.15. The van der Waals surface area contributed by atoms with Gasteiger partial charge in [0.05, 0.1) is 0 Å². The monoisotopic (exact) mass is 249 g/mol. The van der Waals surface area contributed by atoms with Crippen molar-refractivity contribution >= 4 is 11.4 Å². The maximum atomic E-state index is 5.81. The number of nitrogens with two attached hydrogens (primary N) is 1. The van der Waals surface area contributed by atoms with Crippen molar-refractivity contribution in [2.45, 2.75) is 46.7 Å². The van der Waals surface area contributed by atoms with Gasteiger partial charge in [0.1, 0.15) is 0 Å². The number of aryl methyl sites for hydroxylation is 1. The first-order valence-corrected chi connectivity index (χ1v) is 6.77. The average molecular weight is 249 g/mol. The van der Waals surface area contributed by atoms with Gasteiger partial charge in [0.25, 0.3) is 0 Å². The van der Waals surface area contributed by atoms with Crippen LogP contribution in [0.1, 0.15) is 33.3 Å². The zero-order valence-corrected chi connectivity index (χ0v) is 12.3. The van der Waals surface area contributed by atoms with Gasteiger partial charge in [-0.2, -0.15) is 0 Å². The minimum absolute atomic E-state index is 0.578. The van der Waals surface area contributed by atoms with Crippen LogP contribution in [0.15, 0.2) is 18.2 Å². The van der Waals surface area contributed by atoms with Crippen molar-refractivity contribution in [2.24, 2.45) is 0 Å². The number of nitrogen functional groups attached to an aromatic ring is 1. The largest absolute Gasteiger partial charge is 0.399 e. The standard InChI is InChI=1S/C15H27N3/c1-11(2)18(12(3)4)9-8-17-15-10-14(16)7-6-13(15)5/h6-7,10-12,17H,8-9,16H2,1-5H3. The first-order chi connectivity index (χ1) is 8.41. The Morgan fingerprint density at radius 1 is 1.17 bits per heavy atom. The van der Waals surface area contributed by atoms with Crippen molar-refractivity contribution in [2.75, 3.05) is 24.1 Å². The maximum Gasteiger partial charge on any atom is 0.0390 e. The molecule has 0 heterocycles. The SMILES string of the molecule is Cc1ccc(N)cc1NCCN(C(C)C)C(C)C. The molecule has 0 aliphatic carbocycles. The van der Waals surface area contributed by atoms with Crippen LogP contribution in [0.5, 0.6) is 0 Å². The third-order valence-corrected chi connectivity index (χ3v) is 3.27. The van der Waals surface area contributed by atoms with Gasteiger partial charge < -0.3 is 11.1 Å². The van der Waals surface area contributed by atoms with E-state index in [4.69, 9.17) is 5.73 Å². The number of nitrogens with one attached hydrogen (secondary N) is 1. The van der Waals surface area contributed by atoms with E-state index < -0.39 is 0 Å². The lowest BCUT2D eigenvalue weighted by Crippen LogP contribution is -2.40. The molecule has 0 radical (unpaired) electrons. The highest BCUT2D eigenvalue weighted by Crippen LogP contribution is 2.17. The zero-order valence-electron chi connectivity index (χ0n) is 12.3. The molecule has 0 atom stereocenters. The first-order valence-electron chi connectivity index (χ1n) is 6.77.